The van der Waals surface area contributed by atoms with Gasteiger partial charge < -0.3 is 0 Å². The van der Waals surface area contributed by atoms with E-state index in [0.29, 0.717) is 12.5 Å². The van der Waals surface area contributed by atoms with Gasteiger partial charge in [-0.05, 0) is 12.3 Å². The molecule has 0 aromatic rings. The van der Waals surface area contributed by atoms with Crippen molar-refractivity contribution in [2.75, 3.05) is 13.6 Å². The van der Waals surface area contributed by atoms with Gasteiger partial charge in [0.25, 0.3) is 0 Å². The summed E-state index contributed by atoms with van der Waals surface area (Å²) in [6.07, 6.45) is 0.760. The maximum Gasteiger partial charge on any atom is 0.335 e. The second-order valence-corrected chi connectivity index (χ2v) is 4.50. The van der Waals surface area contributed by atoms with E-state index in [1.54, 1.807) is 0 Å². The van der Waals surface area contributed by atoms with Gasteiger partial charge in [0, 0.05) is 13.6 Å². The highest BCUT2D eigenvalue weighted by Crippen LogP contribution is 2.02. The Morgan fingerprint density at radius 2 is 1.91 bits per heavy atom. The van der Waals surface area contributed by atoms with Crippen LogP contribution in [0.15, 0.2) is 0 Å². The van der Waals surface area contributed by atoms with Crippen molar-refractivity contribution in [3.05, 3.63) is 0 Å². The van der Waals surface area contributed by atoms with Gasteiger partial charge in [-0.15, -0.1) is 0 Å². The molecular formula is C6H15NO3S. The van der Waals surface area contributed by atoms with Crippen molar-refractivity contribution in [1.29, 1.82) is 0 Å². The largest absolute Gasteiger partial charge is 0.335 e. The molecule has 11 heavy (non-hydrogen) atoms. The first-order chi connectivity index (χ1) is 4.84. The minimum absolute atomic E-state index is 0.372. The van der Waals surface area contributed by atoms with Crippen LogP contribution in [0.3, 0.4) is 0 Å². The molecule has 0 radical (unpaired) electrons. The molecule has 0 aliphatic rings. The molecule has 1 N–H and O–H groups in total. The molecular weight excluding hydrogens is 166 g/mol. The van der Waals surface area contributed by atoms with E-state index in [-0.39, 0.29) is 0 Å². The van der Waals surface area contributed by atoms with E-state index < -0.39 is 10.3 Å². The molecule has 0 rings (SSSR count). The van der Waals surface area contributed by atoms with Gasteiger partial charge in [0.15, 0.2) is 0 Å². The monoisotopic (exact) mass is 181 g/mol. The maximum atomic E-state index is 10.4. The smallest absolute Gasteiger partial charge is 0.273 e. The average molecular weight is 181 g/mol. The normalized spacial score (nSPS) is 12.9. The highest BCUT2D eigenvalue weighted by Gasteiger charge is 2.12. The van der Waals surface area contributed by atoms with Crippen LogP contribution in [0.4, 0.5) is 0 Å². The molecule has 0 bridgehead atoms. The minimum Gasteiger partial charge on any atom is -0.273 e. The molecule has 0 heterocycles. The molecule has 0 aromatic carbocycles. The van der Waals surface area contributed by atoms with Crippen LogP contribution in [-0.2, 0) is 10.3 Å². The molecule has 0 spiro atoms. The quantitative estimate of drug-likeness (QED) is 0.652. The van der Waals surface area contributed by atoms with Crippen molar-refractivity contribution < 1.29 is 13.0 Å². The Morgan fingerprint density at radius 1 is 1.45 bits per heavy atom. The first-order valence-electron chi connectivity index (χ1n) is 3.52. The summed E-state index contributed by atoms with van der Waals surface area (Å²) >= 11 is 0. The summed E-state index contributed by atoms with van der Waals surface area (Å²) in [4.78, 5) is 0. The van der Waals surface area contributed by atoms with Gasteiger partial charge >= 0.3 is 10.3 Å². The van der Waals surface area contributed by atoms with Crippen LogP contribution >= 0.6 is 0 Å². The first kappa shape index (κ1) is 10.9. The summed E-state index contributed by atoms with van der Waals surface area (Å²) in [5, 5.41) is 0. The fraction of sp³-hybridized carbons (Fsp3) is 1.00. The van der Waals surface area contributed by atoms with Crippen LogP contribution < -0.4 is 0 Å². The molecule has 0 saturated heterocycles. The zero-order valence-electron chi connectivity index (χ0n) is 7.11. The summed E-state index contributed by atoms with van der Waals surface area (Å²) in [5.74, 6) is 0.444. The predicted molar refractivity (Wildman–Crippen MR) is 43.6 cm³/mol. The SMILES string of the molecule is CC(C)CCN(C)S(=O)(=O)O. The second kappa shape index (κ2) is 4.04. The van der Waals surface area contributed by atoms with E-state index in [4.69, 9.17) is 4.55 Å². The fourth-order valence-electron chi connectivity index (χ4n) is 0.555. The first-order valence-corrected chi connectivity index (χ1v) is 4.92. The molecule has 0 aromatic heterocycles. The Bertz CT molecular complexity index is 198. The van der Waals surface area contributed by atoms with Crippen molar-refractivity contribution in [3.8, 4) is 0 Å². The van der Waals surface area contributed by atoms with Gasteiger partial charge in [-0.25, -0.2) is 0 Å². The zero-order chi connectivity index (χ0) is 9.07. The topological polar surface area (TPSA) is 57.6 Å². The molecule has 4 nitrogen and oxygen atoms in total. The van der Waals surface area contributed by atoms with Crippen LogP contribution in [-0.4, -0.2) is 30.9 Å². The van der Waals surface area contributed by atoms with Gasteiger partial charge in [-0.2, -0.15) is 12.7 Å². The molecule has 0 fully saturated rings. The summed E-state index contributed by atoms with van der Waals surface area (Å²) in [5.41, 5.74) is 0. The highest BCUT2D eigenvalue weighted by atomic mass is 32.2. The molecule has 68 valence electrons. The average Bonchev–Trinajstić information content (AvgIpc) is 1.80. The van der Waals surface area contributed by atoms with Crippen LogP contribution in [0.2, 0.25) is 0 Å². The number of hydrogen-bond donors (Lipinski definition) is 1. The fourth-order valence-corrected chi connectivity index (χ4v) is 0.891. The summed E-state index contributed by atoms with van der Waals surface area (Å²) in [7, 11) is -2.61. The second-order valence-electron chi connectivity index (χ2n) is 2.98. The third kappa shape index (κ3) is 5.17. The maximum absolute atomic E-state index is 10.4. The molecule has 0 aliphatic carbocycles. The minimum atomic E-state index is -3.97. The van der Waals surface area contributed by atoms with Crippen molar-refractivity contribution in [3.63, 3.8) is 0 Å². The number of rotatable bonds is 4. The van der Waals surface area contributed by atoms with Gasteiger partial charge in [0.1, 0.15) is 0 Å². The number of hydrogen-bond acceptors (Lipinski definition) is 2. The summed E-state index contributed by atoms with van der Waals surface area (Å²) in [6, 6.07) is 0. The van der Waals surface area contributed by atoms with E-state index in [9.17, 15) is 8.42 Å². The molecule has 0 aliphatic heterocycles. The van der Waals surface area contributed by atoms with Gasteiger partial charge in [-0.1, -0.05) is 13.8 Å². The van der Waals surface area contributed by atoms with Crippen molar-refractivity contribution in [2.45, 2.75) is 20.3 Å². The van der Waals surface area contributed by atoms with Gasteiger partial charge in [0.05, 0.1) is 0 Å². The van der Waals surface area contributed by atoms with E-state index in [1.807, 2.05) is 13.8 Å². The van der Waals surface area contributed by atoms with Crippen LogP contribution in [0.5, 0.6) is 0 Å². The lowest BCUT2D eigenvalue weighted by molar-refractivity contribution is 0.369. The molecule has 0 saturated carbocycles. The molecule has 0 atom stereocenters. The molecule has 0 amide bonds. The highest BCUT2D eigenvalue weighted by molar-refractivity contribution is 7.83. The van der Waals surface area contributed by atoms with E-state index in [0.717, 1.165) is 10.7 Å². The van der Waals surface area contributed by atoms with Gasteiger partial charge in [-0.3, -0.25) is 4.55 Å². The molecule has 0 unspecified atom stereocenters. The van der Waals surface area contributed by atoms with E-state index >= 15 is 0 Å². The van der Waals surface area contributed by atoms with Crippen molar-refractivity contribution in [2.24, 2.45) is 5.92 Å². The standard InChI is InChI=1S/C6H15NO3S/c1-6(2)4-5-7(3)11(8,9)10/h6H,4-5H2,1-3H3,(H,8,9,10). The van der Waals surface area contributed by atoms with E-state index in [2.05, 4.69) is 0 Å². The molecule has 5 heteroatoms. The van der Waals surface area contributed by atoms with Gasteiger partial charge in [0.2, 0.25) is 0 Å². The van der Waals surface area contributed by atoms with Crippen LogP contribution in [0.25, 0.3) is 0 Å². The van der Waals surface area contributed by atoms with Crippen molar-refractivity contribution in [1.82, 2.24) is 4.31 Å². The summed E-state index contributed by atoms with van der Waals surface area (Å²) in [6.45, 7) is 4.37. The Hall–Kier alpha value is -0.130. The predicted octanol–water partition coefficient (Wildman–Crippen LogP) is 0.767. The Kier molecular flexibility index (Phi) is 3.99. The lowest BCUT2D eigenvalue weighted by atomic mass is 10.1. The Labute approximate surface area is 68.1 Å². The Morgan fingerprint density at radius 3 is 2.18 bits per heavy atom. The van der Waals surface area contributed by atoms with Crippen molar-refractivity contribution >= 4 is 10.3 Å². The summed E-state index contributed by atoms with van der Waals surface area (Å²) < 4.78 is 30.3. The van der Waals surface area contributed by atoms with Crippen LogP contribution in [0.1, 0.15) is 20.3 Å². The van der Waals surface area contributed by atoms with E-state index in [1.165, 1.54) is 7.05 Å². The lowest BCUT2D eigenvalue weighted by Crippen LogP contribution is -2.27. The number of nitrogens with zero attached hydrogens (tertiary/aromatic N) is 1. The Balaban J connectivity index is 3.81. The lowest BCUT2D eigenvalue weighted by Gasteiger charge is -2.13. The third-order valence-corrected chi connectivity index (χ3v) is 2.39. The third-order valence-electron chi connectivity index (χ3n) is 1.42. The van der Waals surface area contributed by atoms with Crippen LogP contribution in [0, 0.1) is 5.92 Å². The zero-order valence-corrected chi connectivity index (χ0v) is 7.93.